The smallest absolute Gasteiger partial charge is 0.129 e. The number of phenolic OH excluding ortho intramolecular Hbond substituents is 1. The van der Waals surface area contributed by atoms with E-state index in [-0.39, 0.29) is 0 Å². The first-order chi connectivity index (χ1) is 14.3. The molecule has 1 N–H and O–H groups in total. The van der Waals surface area contributed by atoms with Crippen molar-refractivity contribution in [2.45, 2.75) is 140 Å². The maximum Gasteiger partial charge on any atom is 0.129 e. The molecule has 0 radical (unpaired) electrons. The highest BCUT2D eigenvalue weighted by atomic mass is 32.1. The van der Waals surface area contributed by atoms with E-state index in [4.69, 9.17) is 0 Å². The maximum absolute atomic E-state index is 9.68. The van der Waals surface area contributed by atoms with Crippen LogP contribution in [0.2, 0.25) is 0 Å². The molecule has 1 aromatic carbocycles. The molecule has 0 spiro atoms. The summed E-state index contributed by atoms with van der Waals surface area (Å²) >= 11 is 4.40. The summed E-state index contributed by atoms with van der Waals surface area (Å²) in [5, 5.41) is 9.68. The number of hydrogen-bond donors (Lipinski definition) is 2. The molecule has 1 nitrogen and oxygen atoms in total. The fourth-order valence-corrected chi connectivity index (χ4v) is 4.43. The highest BCUT2D eigenvalue weighted by Crippen LogP contribution is 2.26. The molecule has 0 amide bonds. The van der Waals surface area contributed by atoms with Gasteiger partial charge in [-0.2, -0.15) is 0 Å². The largest absolute Gasteiger partial charge is 0.507 e. The van der Waals surface area contributed by atoms with E-state index in [0.29, 0.717) is 5.75 Å². The van der Waals surface area contributed by atoms with Gasteiger partial charge in [-0.3, -0.25) is 0 Å². The van der Waals surface area contributed by atoms with Gasteiger partial charge in [0, 0.05) is 4.90 Å². The van der Waals surface area contributed by atoms with Crippen LogP contribution in [0, 0.1) is 0 Å². The maximum atomic E-state index is 9.68. The number of phenols is 1. The molecule has 0 heterocycles. The van der Waals surface area contributed by atoms with Crippen molar-refractivity contribution in [1.29, 1.82) is 0 Å². The van der Waals surface area contributed by atoms with Crippen molar-refractivity contribution in [2.75, 3.05) is 0 Å². The van der Waals surface area contributed by atoms with E-state index in [1.54, 1.807) is 6.07 Å². The summed E-state index contributed by atoms with van der Waals surface area (Å²) in [4.78, 5) is 0.759. The Bertz CT molecular complexity index is 485. The Morgan fingerprint density at radius 1 is 0.586 bits per heavy atom. The van der Waals surface area contributed by atoms with Crippen LogP contribution in [0.15, 0.2) is 23.1 Å². The number of thiol groups is 1. The summed E-state index contributed by atoms with van der Waals surface area (Å²) in [6.45, 7) is 2.29. The van der Waals surface area contributed by atoms with E-state index in [9.17, 15) is 5.11 Å². The summed E-state index contributed by atoms with van der Waals surface area (Å²) in [7, 11) is 0. The SMILES string of the molecule is CCCCCCCCCCCCCCCCCCCCCc1cccc(O)c1S. The zero-order valence-electron chi connectivity index (χ0n) is 19.3. The first-order valence-corrected chi connectivity index (χ1v) is 13.2. The topological polar surface area (TPSA) is 20.2 Å². The molecule has 29 heavy (non-hydrogen) atoms. The highest BCUT2D eigenvalue weighted by Gasteiger charge is 2.03. The number of rotatable bonds is 20. The molecule has 0 aliphatic rings. The minimum Gasteiger partial charge on any atom is -0.507 e. The van der Waals surface area contributed by atoms with Gasteiger partial charge in [-0.15, -0.1) is 12.6 Å². The molecule has 0 bridgehead atoms. The standard InChI is InChI=1S/C27H48OS/c1-2-3-4-5-6-7-8-9-10-11-12-13-14-15-16-17-18-19-20-22-25-23-21-24-26(28)27(25)29/h21,23-24,28-29H,2-20,22H2,1H3. The second kappa shape index (κ2) is 19.3. The summed E-state index contributed by atoms with van der Waals surface area (Å²) in [5.74, 6) is 0.309. The summed E-state index contributed by atoms with van der Waals surface area (Å²) < 4.78 is 0. The van der Waals surface area contributed by atoms with Crippen LogP contribution in [0.25, 0.3) is 0 Å². The Labute approximate surface area is 187 Å². The predicted octanol–water partition coefficient (Wildman–Crippen LogP) is 9.66. The van der Waals surface area contributed by atoms with Gasteiger partial charge in [0.1, 0.15) is 5.75 Å². The summed E-state index contributed by atoms with van der Waals surface area (Å²) in [6, 6.07) is 5.71. The average Bonchev–Trinajstić information content (AvgIpc) is 2.72. The molecule has 0 saturated carbocycles. The molecule has 1 aromatic rings. The normalized spacial score (nSPS) is 11.2. The van der Waals surface area contributed by atoms with Crippen molar-refractivity contribution >= 4 is 12.6 Å². The Morgan fingerprint density at radius 3 is 1.38 bits per heavy atom. The van der Waals surface area contributed by atoms with Crippen LogP contribution >= 0.6 is 12.6 Å². The lowest BCUT2D eigenvalue weighted by Gasteiger charge is -2.07. The zero-order valence-corrected chi connectivity index (χ0v) is 20.2. The third kappa shape index (κ3) is 14.9. The molecule has 0 fully saturated rings. The quantitative estimate of drug-likeness (QED) is 0.159. The van der Waals surface area contributed by atoms with Crippen LogP contribution in [0.4, 0.5) is 0 Å². The van der Waals surface area contributed by atoms with Crippen molar-refractivity contribution < 1.29 is 5.11 Å². The Morgan fingerprint density at radius 2 is 0.966 bits per heavy atom. The van der Waals surface area contributed by atoms with Crippen LogP contribution in [0.5, 0.6) is 5.75 Å². The lowest BCUT2D eigenvalue weighted by molar-refractivity contribution is 0.460. The molecular formula is C27H48OS. The van der Waals surface area contributed by atoms with Crippen LogP contribution < -0.4 is 0 Å². The van der Waals surface area contributed by atoms with Crippen molar-refractivity contribution in [3.05, 3.63) is 23.8 Å². The van der Waals surface area contributed by atoms with E-state index in [1.165, 1.54) is 128 Å². The van der Waals surface area contributed by atoms with E-state index in [2.05, 4.69) is 25.6 Å². The molecule has 0 aromatic heterocycles. The van der Waals surface area contributed by atoms with Crippen LogP contribution in [-0.4, -0.2) is 5.11 Å². The minimum atomic E-state index is 0.309. The minimum absolute atomic E-state index is 0.309. The fourth-order valence-electron chi connectivity index (χ4n) is 4.17. The molecule has 0 atom stereocenters. The molecule has 0 saturated heterocycles. The first-order valence-electron chi connectivity index (χ1n) is 12.8. The van der Waals surface area contributed by atoms with Crippen molar-refractivity contribution in [3.63, 3.8) is 0 Å². The van der Waals surface area contributed by atoms with Gasteiger partial charge in [0.05, 0.1) is 0 Å². The number of aromatic hydroxyl groups is 1. The van der Waals surface area contributed by atoms with Crippen molar-refractivity contribution in [1.82, 2.24) is 0 Å². The predicted molar refractivity (Wildman–Crippen MR) is 132 cm³/mol. The van der Waals surface area contributed by atoms with E-state index < -0.39 is 0 Å². The molecule has 2 heteroatoms. The van der Waals surface area contributed by atoms with Gasteiger partial charge < -0.3 is 5.11 Å². The van der Waals surface area contributed by atoms with Gasteiger partial charge in [0.15, 0.2) is 0 Å². The second-order valence-corrected chi connectivity index (χ2v) is 9.35. The number of aryl methyl sites for hydroxylation is 1. The molecule has 168 valence electrons. The van der Waals surface area contributed by atoms with Crippen LogP contribution in [0.3, 0.4) is 0 Å². The van der Waals surface area contributed by atoms with Gasteiger partial charge in [0.25, 0.3) is 0 Å². The zero-order chi connectivity index (χ0) is 21.0. The van der Waals surface area contributed by atoms with Crippen LogP contribution in [0.1, 0.15) is 134 Å². The van der Waals surface area contributed by atoms with Gasteiger partial charge in [-0.1, -0.05) is 135 Å². The van der Waals surface area contributed by atoms with E-state index >= 15 is 0 Å². The van der Waals surface area contributed by atoms with Gasteiger partial charge in [0.2, 0.25) is 0 Å². The Kier molecular flexibility index (Phi) is 17.6. The Hall–Kier alpha value is -0.630. The molecule has 0 aliphatic carbocycles. The average molecular weight is 421 g/mol. The second-order valence-electron chi connectivity index (χ2n) is 8.90. The number of unbranched alkanes of at least 4 members (excludes halogenated alkanes) is 18. The molecular weight excluding hydrogens is 372 g/mol. The molecule has 0 aliphatic heterocycles. The van der Waals surface area contributed by atoms with Crippen LogP contribution in [-0.2, 0) is 6.42 Å². The lowest BCUT2D eigenvalue weighted by Crippen LogP contribution is -1.89. The lowest BCUT2D eigenvalue weighted by atomic mass is 10.0. The third-order valence-corrected chi connectivity index (χ3v) is 6.66. The summed E-state index contributed by atoms with van der Waals surface area (Å²) in [6.07, 6.45) is 27.9. The third-order valence-electron chi connectivity index (χ3n) is 6.15. The van der Waals surface area contributed by atoms with Gasteiger partial charge >= 0.3 is 0 Å². The number of hydrogen-bond acceptors (Lipinski definition) is 2. The monoisotopic (exact) mass is 420 g/mol. The van der Waals surface area contributed by atoms with E-state index in [0.717, 1.165) is 11.3 Å². The summed E-state index contributed by atoms with van der Waals surface area (Å²) in [5.41, 5.74) is 1.18. The highest BCUT2D eigenvalue weighted by molar-refractivity contribution is 7.80. The molecule has 1 rings (SSSR count). The fraction of sp³-hybridized carbons (Fsp3) is 0.778. The number of benzene rings is 1. The van der Waals surface area contributed by atoms with Gasteiger partial charge in [-0.25, -0.2) is 0 Å². The van der Waals surface area contributed by atoms with Crippen molar-refractivity contribution in [2.24, 2.45) is 0 Å². The van der Waals surface area contributed by atoms with E-state index in [1.807, 2.05) is 6.07 Å². The Balaban J connectivity index is 1.75. The van der Waals surface area contributed by atoms with Gasteiger partial charge in [-0.05, 0) is 24.5 Å². The molecule has 0 unspecified atom stereocenters. The van der Waals surface area contributed by atoms with Crippen molar-refractivity contribution in [3.8, 4) is 5.75 Å². The first kappa shape index (κ1) is 26.4.